The molecule has 2 aromatic rings. The molecule has 3 N–H and O–H groups in total. The normalized spacial score (nSPS) is 13.2. The van der Waals surface area contributed by atoms with E-state index in [0.717, 1.165) is 23.3 Å². The van der Waals surface area contributed by atoms with E-state index in [0.29, 0.717) is 12.2 Å². The molecular weight excluding hydrogens is 377 g/mol. The number of phenols is 2. The maximum Gasteiger partial charge on any atom is 0.258 e. The Morgan fingerprint density at radius 2 is 1.97 bits per heavy atom. The van der Waals surface area contributed by atoms with Gasteiger partial charge in [0.25, 0.3) is 5.91 Å². The Labute approximate surface area is 167 Å². The topological polar surface area (TPSA) is 93.1 Å². The van der Waals surface area contributed by atoms with Crippen LogP contribution in [0.25, 0.3) is 0 Å². The highest BCUT2D eigenvalue weighted by Gasteiger charge is 2.28. The SMILES string of the molecule is CN(C)C/C=C/C(=O)Nc1cccc2c1CN(C(=O)c1cc(F)c(O)cc1O)C2. The molecule has 1 aliphatic heterocycles. The Kier molecular flexibility index (Phi) is 5.84. The summed E-state index contributed by atoms with van der Waals surface area (Å²) in [6.45, 7) is 1.10. The Morgan fingerprint density at radius 1 is 1.21 bits per heavy atom. The molecule has 2 amide bonds. The number of carbonyl (C=O) groups is 2. The van der Waals surface area contributed by atoms with Crippen molar-refractivity contribution in [2.75, 3.05) is 26.0 Å². The summed E-state index contributed by atoms with van der Waals surface area (Å²) < 4.78 is 13.6. The molecule has 29 heavy (non-hydrogen) atoms. The zero-order valence-corrected chi connectivity index (χ0v) is 16.1. The van der Waals surface area contributed by atoms with E-state index in [9.17, 15) is 24.2 Å². The van der Waals surface area contributed by atoms with Crippen molar-refractivity contribution < 1.29 is 24.2 Å². The molecule has 152 valence electrons. The lowest BCUT2D eigenvalue weighted by Crippen LogP contribution is -2.25. The average Bonchev–Trinajstić information content (AvgIpc) is 3.09. The van der Waals surface area contributed by atoms with Crippen LogP contribution in [0, 0.1) is 5.82 Å². The number of nitrogens with zero attached hydrogens (tertiary/aromatic N) is 2. The molecule has 1 aliphatic rings. The second-order valence-corrected chi connectivity index (χ2v) is 7.08. The minimum absolute atomic E-state index is 0.202. The molecule has 0 radical (unpaired) electrons. The molecular formula is C21H22FN3O4. The first-order chi connectivity index (χ1) is 13.8. The van der Waals surface area contributed by atoms with Gasteiger partial charge in [0.15, 0.2) is 11.6 Å². The van der Waals surface area contributed by atoms with Crippen molar-refractivity contribution in [1.29, 1.82) is 0 Å². The molecule has 0 atom stereocenters. The van der Waals surface area contributed by atoms with Crippen LogP contribution in [-0.2, 0) is 17.9 Å². The minimum Gasteiger partial charge on any atom is -0.507 e. The summed E-state index contributed by atoms with van der Waals surface area (Å²) in [5.41, 5.74) is 2.00. The molecule has 3 rings (SSSR count). The lowest BCUT2D eigenvalue weighted by atomic mass is 10.1. The van der Waals surface area contributed by atoms with E-state index in [-0.39, 0.29) is 24.6 Å². The highest BCUT2D eigenvalue weighted by Crippen LogP contribution is 2.33. The standard InChI is InChI=1S/C21H22FN3O4/c1-24(2)8-4-7-20(28)23-17-6-3-5-13-11-25(12-15(13)17)21(29)14-9-16(22)19(27)10-18(14)26/h3-7,9-10,26-27H,8,11-12H2,1-2H3,(H,23,28)/b7-4+. The third-order valence-electron chi connectivity index (χ3n) is 4.56. The van der Waals surface area contributed by atoms with E-state index in [1.54, 1.807) is 18.2 Å². The first kappa shape index (κ1) is 20.3. The van der Waals surface area contributed by atoms with Crippen LogP contribution in [0.15, 0.2) is 42.5 Å². The Bertz CT molecular complexity index is 988. The van der Waals surface area contributed by atoms with Crippen LogP contribution in [0.3, 0.4) is 0 Å². The van der Waals surface area contributed by atoms with Gasteiger partial charge in [-0.2, -0.15) is 0 Å². The molecule has 0 saturated carbocycles. The number of phenolic OH excluding ortho intramolecular Hbond substituents is 2. The molecule has 0 bridgehead atoms. The van der Waals surface area contributed by atoms with Crippen LogP contribution in [0.2, 0.25) is 0 Å². The number of benzene rings is 2. The Hall–Kier alpha value is -3.39. The van der Waals surface area contributed by atoms with Crippen molar-refractivity contribution >= 4 is 17.5 Å². The number of anilines is 1. The van der Waals surface area contributed by atoms with Gasteiger partial charge in [-0.3, -0.25) is 9.59 Å². The predicted molar refractivity (Wildman–Crippen MR) is 106 cm³/mol. The summed E-state index contributed by atoms with van der Waals surface area (Å²) in [5.74, 6) is -3.05. The fraction of sp³-hybridized carbons (Fsp3) is 0.238. The lowest BCUT2D eigenvalue weighted by Gasteiger charge is -2.16. The van der Waals surface area contributed by atoms with Crippen molar-refractivity contribution in [2.24, 2.45) is 0 Å². The largest absolute Gasteiger partial charge is 0.507 e. The minimum atomic E-state index is -0.986. The molecule has 1 heterocycles. The van der Waals surface area contributed by atoms with Crippen molar-refractivity contribution in [1.82, 2.24) is 9.80 Å². The summed E-state index contributed by atoms with van der Waals surface area (Å²) in [4.78, 5) is 28.3. The number of carbonyl (C=O) groups excluding carboxylic acids is 2. The lowest BCUT2D eigenvalue weighted by molar-refractivity contribution is -0.111. The third kappa shape index (κ3) is 4.55. The third-order valence-corrected chi connectivity index (χ3v) is 4.56. The zero-order chi connectivity index (χ0) is 21.1. The summed E-state index contributed by atoms with van der Waals surface area (Å²) >= 11 is 0. The number of hydrogen-bond acceptors (Lipinski definition) is 5. The van der Waals surface area contributed by atoms with Crippen molar-refractivity contribution in [2.45, 2.75) is 13.1 Å². The number of halogens is 1. The van der Waals surface area contributed by atoms with E-state index in [1.165, 1.54) is 11.0 Å². The van der Waals surface area contributed by atoms with Gasteiger partial charge in [-0.1, -0.05) is 18.2 Å². The van der Waals surface area contributed by atoms with Crippen molar-refractivity contribution in [3.63, 3.8) is 0 Å². The molecule has 0 fully saturated rings. The molecule has 0 unspecified atom stereocenters. The van der Waals surface area contributed by atoms with E-state index in [1.807, 2.05) is 25.1 Å². The van der Waals surface area contributed by atoms with E-state index in [4.69, 9.17) is 0 Å². The van der Waals surface area contributed by atoms with Gasteiger partial charge in [0.1, 0.15) is 5.75 Å². The van der Waals surface area contributed by atoms with E-state index >= 15 is 0 Å². The van der Waals surface area contributed by atoms with Gasteiger partial charge in [-0.25, -0.2) is 4.39 Å². The Morgan fingerprint density at radius 3 is 2.69 bits per heavy atom. The van der Waals surface area contributed by atoms with Crippen LogP contribution in [0.4, 0.5) is 10.1 Å². The smallest absolute Gasteiger partial charge is 0.258 e. The van der Waals surface area contributed by atoms with Crippen LogP contribution in [0.5, 0.6) is 11.5 Å². The molecule has 7 nitrogen and oxygen atoms in total. The summed E-state index contributed by atoms with van der Waals surface area (Å²) in [6, 6.07) is 7.00. The van der Waals surface area contributed by atoms with E-state index < -0.39 is 23.2 Å². The summed E-state index contributed by atoms with van der Waals surface area (Å²) in [7, 11) is 3.80. The Balaban J connectivity index is 1.76. The monoisotopic (exact) mass is 399 g/mol. The van der Waals surface area contributed by atoms with Crippen molar-refractivity contribution in [3.05, 3.63) is 65.0 Å². The number of rotatable bonds is 5. The molecule has 2 aromatic carbocycles. The number of hydrogen-bond donors (Lipinski definition) is 3. The van der Waals surface area contributed by atoms with Gasteiger partial charge in [-0.15, -0.1) is 0 Å². The van der Waals surface area contributed by atoms with Gasteiger partial charge in [0.05, 0.1) is 5.56 Å². The number of nitrogens with one attached hydrogen (secondary N) is 1. The van der Waals surface area contributed by atoms with Crippen molar-refractivity contribution in [3.8, 4) is 11.5 Å². The first-order valence-electron chi connectivity index (χ1n) is 9.00. The maximum absolute atomic E-state index is 13.6. The van der Waals surface area contributed by atoms with Crippen LogP contribution >= 0.6 is 0 Å². The number of fused-ring (bicyclic) bond motifs is 1. The summed E-state index contributed by atoms with van der Waals surface area (Å²) in [5, 5.41) is 22.1. The van der Waals surface area contributed by atoms with Gasteiger partial charge < -0.3 is 25.3 Å². The highest BCUT2D eigenvalue weighted by molar-refractivity contribution is 6.00. The first-order valence-corrected chi connectivity index (χ1v) is 9.00. The fourth-order valence-corrected chi connectivity index (χ4v) is 3.12. The predicted octanol–water partition coefficient (Wildman–Crippen LogP) is 2.45. The number of amides is 2. The van der Waals surface area contributed by atoms with Crippen LogP contribution < -0.4 is 5.32 Å². The summed E-state index contributed by atoms with van der Waals surface area (Å²) in [6.07, 6.45) is 3.20. The second kappa shape index (κ2) is 8.32. The molecule has 0 aromatic heterocycles. The van der Waals surface area contributed by atoms with Crippen LogP contribution in [-0.4, -0.2) is 52.5 Å². The molecule has 0 aliphatic carbocycles. The van der Waals surface area contributed by atoms with Gasteiger partial charge in [0.2, 0.25) is 5.91 Å². The zero-order valence-electron chi connectivity index (χ0n) is 16.1. The van der Waals surface area contributed by atoms with Gasteiger partial charge in [-0.05, 0) is 31.8 Å². The average molecular weight is 399 g/mol. The number of likely N-dealkylation sites (N-methyl/N-ethyl adjacent to an activating group) is 1. The quantitative estimate of drug-likeness (QED) is 0.672. The van der Waals surface area contributed by atoms with Gasteiger partial charge in [0, 0.05) is 43.0 Å². The number of aromatic hydroxyl groups is 2. The maximum atomic E-state index is 13.6. The molecule has 0 saturated heterocycles. The van der Waals surface area contributed by atoms with E-state index in [2.05, 4.69) is 5.32 Å². The second-order valence-electron chi connectivity index (χ2n) is 7.08. The highest BCUT2D eigenvalue weighted by atomic mass is 19.1. The van der Waals surface area contributed by atoms with Crippen LogP contribution in [0.1, 0.15) is 21.5 Å². The molecule has 0 spiro atoms. The van der Waals surface area contributed by atoms with Gasteiger partial charge >= 0.3 is 0 Å². The molecule has 8 heteroatoms. The fourth-order valence-electron chi connectivity index (χ4n) is 3.12.